The summed E-state index contributed by atoms with van der Waals surface area (Å²) in [5.41, 5.74) is 8.55. The number of oxime groups is 1. The molecule has 0 bridgehead atoms. The van der Waals surface area contributed by atoms with Crippen molar-refractivity contribution in [3.05, 3.63) is 35.4 Å². The van der Waals surface area contributed by atoms with Crippen molar-refractivity contribution in [2.75, 3.05) is 7.11 Å². The van der Waals surface area contributed by atoms with Gasteiger partial charge in [-0.15, -0.1) is 0 Å². The Morgan fingerprint density at radius 2 is 1.62 bits per heavy atom. The van der Waals surface area contributed by atoms with Crippen LogP contribution in [-0.4, -0.2) is 24.6 Å². The number of carbonyl (C=O) groups is 1. The van der Waals surface area contributed by atoms with Gasteiger partial charge in [-0.05, 0) is 31.4 Å². The van der Waals surface area contributed by atoms with Gasteiger partial charge in [0, 0.05) is 0 Å². The summed E-state index contributed by atoms with van der Waals surface area (Å²) in [5.74, 6) is 0.00574. The number of carbonyl (C=O) groups excluding carboxylic acids is 1. The smallest absolute Gasteiger partial charge is 0.146 e. The molecule has 1 aromatic carbocycles. The average Bonchev–Trinajstić information content (AvgIpc) is 2.52. The number of ketones is 1. The van der Waals surface area contributed by atoms with E-state index in [-0.39, 0.29) is 5.78 Å². The molecular weight excluding hydrogens is 264 g/mol. The van der Waals surface area contributed by atoms with Gasteiger partial charge < -0.3 is 10.6 Å². The van der Waals surface area contributed by atoms with Gasteiger partial charge in [-0.2, -0.15) is 0 Å². The normalized spacial score (nSPS) is 11.3. The van der Waals surface area contributed by atoms with E-state index in [1.165, 1.54) is 14.0 Å². The minimum atomic E-state index is -0.422. The largest absolute Gasteiger partial charge is 0.399 e. The summed E-state index contributed by atoms with van der Waals surface area (Å²) < 4.78 is 0. The Labute approximate surface area is 129 Å². The highest BCUT2D eigenvalue weighted by Gasteiger charge is 2.08. The molecule has 4 heteroatoms. The van der Waals surface area contributed by atoms with Crippen LogP contribution in [0.3, 0.4) is 0 Å². The second-order valence-electron chi connectivity index (χ2n) is 3.98. The maximum atomic E-state index is 11.0. The number of benzene rings is 1. The highest BCUT2D eigenvalue weighted by molar-refractivity contribution is 5.98. The molecule has 1 atom stereocenters. The molecule has 0 aliphatic rings. The van der Waals surface area contributed by atoms with Gasteiger partial charge in [-0.25, -0.2) is 0 Å². The van der Waals surface area contributed by atoms with Crippen LogP contribution >= 0.6 is 0 Å². The van der Waals surface area contributed by atoms with Crippen molar-refractivity contribution >= 4 is 11.5 Å². The molecule has 0 aliphatic carbocycles. The standard InChI is InChI=1S/C13H18N2O2.2C2H6/c1-9(15-17-3)12-6-4-11(5-7-12)8-13(14)10(2)16;2*1-2/h4-7,13H,8,14H2,1-3H3;2*1-2H3/b15-9-;;. The maximum Gasteiger partial charge on any atom is 0.146 e. The summed E-state index contributed by atoms with van der Waals surface area (Å²) in [6, 6.07) is 7.37. The molecule has 2 N–H and O–H groups in total. The molecule has 0 radical (unpaired) electrons. The number of hydrogen-bond donors (Lipinski definition) is 1. The lowest BCUT2D eigenvalue weighted by Crippen LogP contribution is -2.30. The Balaban J connectivity index is 0. The van der Waals surface area contributed by atoms with Crippen molar-refractivity contribution in [2.24, 2.45) is 10.9 Å². The molecule has 1 rings (SSSR count). The zero-order chi connectivity index (χ0) is 16.8. The van der Waals surface area contributed by atoms with Crippen LogP contribution in [0, 0.1) is 0 Å². The first-order chi connectivity index (χ1) is 10.0. The third-order valence-corrected chi connectivity index (χ3v) is 2.58. The molecule has 0 saturated carbocycles. The summed E-state index contributed by atoms with van der Waals surface area (Å²) in [7, 11) is 1.52. The molecule has 21 heavy (non-hydrogen) atoms. The number of hydrogen-bond acceptors (Lipinski definition) is 4. The molecule has 0 aromatic heterocycles. The van der Waals surface area contributed by atoms with Crippen molar-refractivity contribution in [3.8, 4) is 0 Å². The fraction of sp³-hybridized carbons (Fsp3) is 0.529. The summed E-state index contributed by atoms with van der Waals surface area (Å²) in [4.78, 5) is 15.8. The zero-order valence-corrected chi connectivity index (χ0v) is 14.4. The minimum absolute atomic E-state index is 0.00574. The Morgan fingerprint density at radius 3 is 2.00 bits per heavy atom. The first kappa shape index (κ1) is 21.6. The van der Waals surface area contributed by atoms with Crippen molar-refractivity contribution in [3.63, 3.8) is 0 Å². The van der Waals surface area contributed by atoms with Crippen LogP contribution in [0.2, 0.25) is 0 Å². The molecule has 1 unspecified atom stereocenters. The van der Waals surface area contributed by atoms with E-state index >= 15 is 0 Å². The van der Waals surface area contributed by atoms with E-state index < -0.39 is 6.04 Å². The molecule has 120 valence electrons. The first-order valence-electron chi connectivity index (χ1n) is 7.47. The molecule has 1 aromatic rings. The van der Waals surface area contributed by atoms with Gasteiger partial charge in [0.05, 0.1) is 11.8 Å². The summed E-state index contributed by atoms with van der Waals surface area (Å²) in [6.45, 7) is 11.4. The fourth-order valence-electron chi connectivity index (χ4n) is 1.47. The summed E-state index contributed by atoms with van der Waals surface area (Å²) in [6.07, 6.45) is 0.566. The van der Waals surface area contributed by atoms with E-state index in [0.717, 1.165) is 16.8 Å². The third kappa shape index (κ3) is 8.97. The van der Waals surface area contributed by atoms with Crippen molar-refractivity contribution in [1.29, 1.82) is 0 Å². The summed E-state index contributed by atoms with van der Waals surface area (Å²) >= 11 is 0. The van der Waals surface area contributed by atoms with E-state index in [1.807, 2.05) is 58.9 Å². The molecule has 0 heterocycles. The lowest BCUT2D eigenvalue weighted by atomic mass is 10.0. The van der Waals surface area contributed by atoms with Gasteiger partial charge in [0.25, 0.3) is 0 Å². The van der Waals surface area contributed by atoms with Crippen LogP contribution in [0.1, 0.15) is 52.7 Å². The monoisotopic (exact) mass is 294 g/mol. The zero-order valence-electron chi connectivity index (χ0n) is 14.4. The van der Waals surface area contributed by atoms with Crippen LogP contribution in [0.25, 0.3) is 0 Å². The van der Waals surface area contributed by atoms with Crippen LogP contribution < -0.4 is 5.73 Å². The predicted octanol–water partition coefficient (Wildman–Crippen LogP) is 3.57. The quantitative estimate of drug-likeness (QED) is 0.667. The van der Waals surface area contributed by atoms with Crippen molar-refractivity contribution in [1.82, 2.24) is 0 Å². The van der Waals surface area contributed by atoms with Crippen LogP contribution in [0.5, 0.6) is 0 Å². The van der Waals surface area contributed by atoms with Gasteiger partial charge in [-0.1, -0.05) is 57.1 Å². The first-order valence-corrected chi connectivity index (χ1v) is 7.47. The van der Waals surface area contributed by atoms with Crippen LogP contribution in [-0.2, 0) is 16.1 Å². The minimum Gasteiger partial charge on any atom is -0.399 e. The fourth-order valence-corrected chi connectivity index (χ4v) is 1.47. The van der Waals surface area contributed by atoms with Crippen LogP contribution in [0.4, 0.5) is 0 Å². The van der Waals surface area contributed by atoms with Gasteiger partial charge in [0.1, 0.15) is 12.9 Å². The lowest BCUT2D eigenvalue weighted by molar-refractivity contribution is -0.118. The second-order valence-corrected chi connectivity index (χ2v) is 3.98. The molecule has 0 saturated heterocycles. The highest BCUT2D eigenvalue weighted by Crippen LogP contribution is 2.08. The second kappa shape index (κ2) is 13.3. The Bertz CT molecular complexity index is 411. The number of nitrogens with two attached hydrogens (primary N) is 1. The van der Waals surface area contributed by atoms with Crippen molar-refractivity contribution in [2.45, 2.75) is 54.0 Å². The average molecular weight is 294 g/mol. The molecular formula is C17H30N2O2. The predicted molar refractivity (Wildman–Crippen MR) is 90.7 cm³/mol. The molecule has 0 aliphatic heterocycles. The van der Waals surface area contributed by atoms with E-state index in [2.05, 4.69) is 5.16 Å². The lowest BCUT2D eigenvalue weighted by Gasteiger charge is -2.08. The van der Waals surface area contributed by atoms with E-state index in [9.17, 15) is 4.79 Å². The van der Waals surface area contributed by atoms with Gasteiger partial charge >= 0.3 is 0 Å². The number of rotatable bonds is 5. The van der Waals surface area contributed by atoms with Gasteiger partial charge in [-0.3, -0.25) is 4.79 Å². The number of nitrogens with zero attached hydrogens (tertiary/aromatic N) is 1. The van der Waals surface area contributed by atoms with Crippen molar-refractivity contribution < 1.29 is 9.63 Å². The van der Waals surface area contributed by atoms with Gasteiger partial charge in [0.15, 0.2) is 0 Å². The third-order valence-electron chi connectivity index (χ3n) is 2.58. The topological polar surface area (TPSA) is 64.7 Å². The Kier molecular flexibility index (Phi) is 13.7. The number of Topliss-reactive ketones (excluding diaryl/α,β-unsaturated/α-hetero) is 1. The SMILES string of the molecule is CC.CC.CO/N=C(/C)c1ccc(CC(N)C(C)=O)cc1. The molecule has 0 amide bonds. The maximum absolute atomic E-state index is 11.0. The van der Waals surface area contributed by atoms with E-state index in [1.54, 1.807) is 0 Å². The van der Waals surface area contributed by atoms with Crippen LogP contribution in [0.15, 0.2) is 29.4 Å². The highest BCUT2D eigenvalue weighted by atomic mass is 16.6. The van der Waals surface area contributed by atoms with E-state index in [0.29, 0.717) is 6.42 Å². The summed E-state index contributed by atoms with van der Waals surface area (Å²) in [5, 5.41) is 3.85. The molecule has 0 spiro atoms. The van der Waals surface area contributed by atoms with Gasteiger partial charge in [0.2, 0.25) is 0 Å². The van der Waals surface area contributed by atoms with E-state index in [4.69, 9.17) is 10.6 Å². The Hall–Kier alpha value is -1.68. The molecule has 4 nitrogen and oxygen atoms in total. The Morgan fingerprint density at radius 1 is 1.14 bits per heavy atom. The molecule has 0 fully saturated rings.